The van der Waals surface area contributed by atoms with Crippen LogP contribution in [0, 0.1) is 0 Å². The van der Waals surface area contributed by atoms with Crippen molar-refractivity contribution in [2.45, 2.75) is 6.42 Å². The van der Waals surface area contributed by atoms with Gasteiger partial charge in [0.2, 0.25) is 5.91 Å². The highest BCUT2D eigenvalue weighted by atomic mass is 16.5. The van der Waals surface area contributed by atoms with Crippen LogP contribution in [0.2, 0.25) is 0 Å². The molecular formula is C16H25N3O2. The van der Waals surface area contributed by atoms with Crippen molar-refractivity contribution in [1.82, 2.24) is 15.1 Å². The lowest BCUT2D eigenvalue weighted by Gasteiger charge is -2.34. The fourth-order valence-electron chi connectivity index (χ4n) is 2.42. The number of ether oxygens (including phenoxy) is 1. The number of rotatable bonds is 7. The normalized spacial score (nSPS) is 16.0. The number of para-hydroxylation sites is 1. The Hall–Kier alpha value is -1.59. The third kappa shape index (κ3) is 5.36. The van der Waals surface area contributed by atoms with Gasteiger partial charge in [0.25, 0.3) is 0 Å². The van der Waals surface area contributed by atoms with E-state index in [9.17, 15) is 4.79 Å². The second-order valence-corrected chi connectivity index (χ2v) is 5.24. The molecule has 1 aromatic carbocycles. The van der Waals surface area contributed by atoms with Gasteiger partial charge in [-0.3, -0.25) is 9.69 Å². The van der Waals surface area contributed by atoms with Gasteiger partial charge in [-0.25, -0.2) is 0 Å². The molecule has 1 amide bonds. The van der Waals surface area contributed by atoms with Gasteiger partial charge in [0.1, 0.15) is 12.4 Å². The second-order valence-electron chi connectivity index (χ2n) is 5.24. The Morgan fingerprint density at radius 3 is 2.57 bits per heavy atom. The number of benzene rings is 1. The first-order chi connectivity index (χ1) is 10.3. The van der Waals surface area contributed by atoms with Crippen molar-refractivity contribution in [1.29, 1.82) is 0 Å². The SMILES string of the molecule is CNCCC(=O)N1CCN(CCOc2ccccc2)CC1. The molecule has 21 heavy (non-hydrogen) atoms. The van der Waals surface area contributed by atoms with Crippen LogP contribution >= 0.6 is 0 Å². The Morgan fingerprint density at radius 2 is 1.90 bits per heavy atom. The summed E-state index contributed by atoms with van der Waals surface area (Å²) in [6.45, 7) is 5.88. The van der Waals surface area contributed by atoms with Crippen LogP contribution < -0.4 is 10.1 Å². The molecule has 5 heteroatoms. The Bertz CT molecular complexity index is 417. The van der Waals surface area contributed by atoms with Gasteiger partial charge in [-0.15, -0.1) is 0 Å². The molecular weight excluding hydrogens is 266 g/mol. The summed E-state index contributed by atoms with van der Waals surface area (Å²) >= 11 is 0. The van der Waals surface area contributed by atoms with Gasteiger partial charge in [-0.1, -0.05) is 18.2 Å². The summed E-state index contributed by atoms with van der Waals surface area (Å²) < 4.78 is 5.71. The number of carbonyl (C=O) groups is 1. The van der Waals surface area contributed by atoms with Crippen LogP contribution in [0.5, 0.6) is 5.75 Å². The number of nitrogens with zero attached hydrogens (tertiary/aromatic N) is 2. The summed E-state index contributed by atoms with van der Waals surface area (Å²) in [5.41, 5.74) is 0. The van der Waals surface area contributed by atoms with Gasteiger partial charge >= 0.3 is 0 Å². The quantitative estimate of drug-likeness (QED) is 0.808. The number of carbonyl (C=O) groups excluding carboxylic acids is 1. The van der Waals surface area contributed by atoms with Gasteiger partial charge in [0, 0.05) is 45.7 Å². The van der Waals surface area contributed by atoms with E-state index in [2.05, 4.69) is 10.2 Å². The predicted octanol–water partition coefficient (Wildman–Crippen LogP) is 0.819. The highest BCUT2D eigenvalue weighted by molar-refractivity contribution is 5.76. The Kier molecular flexibility index (Phi) is 6.50. The topological polar surface area (TPSA) is 44.8 Å². The van der Waals surface area contributed by atoms with Crippen LogP contribution in [0.1, 0.15) is 6.42 Å². The van der Waals surface area contributed by atoms with Crippen LogP contribution in [0.4, 0.5) is 0 Å². The molecule has 1 aliphatic rings. The van der Waals surface area contributed by atoms with E-state index in [4.69, 9.17) is 4.74 Å². The van der Waals surface area contributed by atoms with Gasteiger partial charge < -0.3 is 15.0 Å². The fourth-order valence-corrected chi connectivity index (χ4v) is 2.42. The summed E-state index contributed by atoms with van der Waals surface area (Å²) in [6.07, 6.45) is 0.591. The molecule has 1 saturated heterocycles. The third-order valence-corrected chi connectivity index (χ3v) is 3.73. The van der Waals surface area contributed by atoms with E-state index >= 15 is 0 Å². The maximum absolute atomic E-state index is 11.9. The molecule has 0 radical (unpaired) electrons. The molecule has 0 aliphatic carbocycles. The highest BCUT2D eigenvalue weighted by Gasteiger charge is 2.20. The molecule has 0 bridgehead atoms. The molecule has 0 atom stereocenters. The van der Waals surface area contributed by atoms with E-state index < -0.39 is 0 Å². The maximum atomic E-state index is 11.9. The number of amides is 1. The standard InChI is InChI=1S/C16H25N3O2/c1-17-8-7-16(20)19-11-9-18(10-12-19)13-14-21-15-5-3-2-4-6-15/h2-6,17H,7-14H2,1H3. The monoisotopic (exact) mass is 291 g/mol. The number of nitrogens with one attached hydrogen (secondary N) is 1. The average molecular weight is 291 g/mol. The minimum Gasteiger partial charge on any atom is -0.492 e. The van der Waals surface area contributed by atoms with Crippen molar-refractivity contribution < 1.29 is 9.53 Å². The Morgan fingerprint density at radius 1 is 1.19 bits per heavy atom. The lowest BCUT2D eigenvalue weighted by atomic mass is 10.2. The minimum atomic E-state index is 0.254. The summed E-state index contributed by atoms with van der Waals surface area (Å²) in [7, 11) is 1.87. The zero-order valence-electron chi connectivity index (χ0n) is 12.8. The van der Waals surface area contributed by atoms with Crippen LogP contribution in [0.15, 0.2) is 30.3 Å². The zero-order valence-corrected chi connectivity index (χ0v) is 12.8. The van der Waals surface area contributed by atoms with Crippen LogP contribution in [-0.2, 0) is 4.79 Å². The molecule has 2 rings (SSSR count). The third-order valence-electron chi connectivity index (χ3n) is 3.73. The summed E-state index contributed by atoms with van der Waals surface area (Å²) in [5.74, 6) is 1.17. The molecule has 116 valence electrons. The van der Waals surface area contributed by atoms with Crippen molar-refractivity contribution in [3.8, 4) is 5.75 Å². The Labute approximate surface area is 126 Å². The Balaban J connectivity index is 1.62. The van der Waals surface area contributed by atoms with Crippen LogP contribution in [0.3, 0.4) is 0 Å². The fraction of sp³-hybridized carbons (Fsp3) is 0.562. The first-order valence-corrected chi connectivity index (χ1v) is 7.62. The number of hydrogen-bond donors (Lipinski definition) is 1. The van der Waals surface area contributed by atoms with Crippen LogP contribution in [-0.4, -0.2) is 68.6 Å². The first kappa shape index (κ1) is 15.8. The number of hydrogen-bond acceptors (Lipinski definition) is 4. The van der Waals surface area contributed by atoms with Crippen LogP contribution in [0.25, 0.3) is 0 Å². The molecule has 0 saturated carbocycles. The van der Waals surface area contributed by atoms with Crippen molar-refractivity contribution in [3.63, 3.8) is 0 Å². The molecule has 0 aromatic heterocycles. The minimum absolute atomic E-state index is 0.254. The van der Waals surface area contributed by atoms with Gasteiger partial charge in [-0.2, -0.15) is 0 Å². The molecule has 0 spiro atoms. The van der Waals surface area contributed by atoms with E-state index in [0.717, 1.165) is 45.0 Å². The first-order valence-electron chi connectivity index (χ1n) is 7.62. The van der Waals surface area contributed by atoms with Gasteiger partial charge in [0.05, 0.1) is 0 Å². The average Bonchev–Trinajstić information content (AvgIpc) is 2.54. The highest BCUT2D eigenvalue weighted by Crippen LogP contribution is 2.09. The van der Waals surface area contributed by atoms with E-state index in [1.54, 1.807) is 0 Å². The van der Waals surface area contributed by atoms with E-state index in [0.29, 0.717) is 13.0 Å². The van der Waals surface area contributed by atoms with E-state index in [1.165, 1.54) is 0 Å². The van der Waals surface area contributed by atoms with E-state index in [-0.39, 0.29) is 5.91 Å². The molecule has 1 heterocycles. The maximum Gasteiger partial charge on any atom is 0.223 e. The summed E-state index contributed by atoms with van der Waals surface area (Å²) in [6, 6.07) is 9.88. The molecule has 5 nitrogen and oxygen atoms in total. The predicted molar refractivity (Wildman–Crippen MR) is 83.5 cm³/mol. The lowest BCUT2D eigenvalue weighted by molar-refractivity contribution is -0.132. The molecule has 1 aliphatic heterocycles. The van der Waals surface area contributed by atoms with Crippen molar-refractivity contribution in [2.75, 3.05) is 52.9 Å². The molecule has 0 unspecified atom stereocenters. The lowest BCUT2D eigenvalue weighted by Crippen LogP contribution is -2.49. The molecule has 1 fully saturated rings. The van der Waals surface area contributed by atoms with Gasteiger partial charge in [0.15, 0.2) is 0 Å². The molecule has 1 N–H and O–H groups in total. The smallest absolute Gasteiger partial charge is 0.223 e. The second kappa shape index (κ2) is 8.64. The van der Waals surface area contributed by atoms with Crippen molar-refractivity contribution in [3.05, 3.63) is 30.3 Å². The van der Waals surface area contributed by atoms with Crippen molar-refractivity contribution in [2.24, 2.45) is 0 Å². The largest absolute Gasteiger partial charge is 0.492 e. The zero-order chi connectivity index (χ0) is 14.9. The summed E-state index contributed by atoms with van der Waals surface area (Å²) in [5, 5.41) is 3.02. The summed E-state index contributed by atoms with van der Waals surface area (Å²) in [4.78, 5) is 16.2. The van der Waals surface area contributed by atoms with Crippen molar-refractivity contribution >= 4 is 5.91 Å². The van der Waals surface area contributed by atoms with Gasteiger partial charge in [-0.05, 0) is 19.2 Å². The molecule has 1 aromatic rings. The number of piperazine rings is 1. The van der Waals surface area contributed by atoms with E-state index in [1.807, 2.05) is 42.3 Å².